The van der Waals surface area contributed by atoms with Crippen molar-refractivity contribution >= 4 is 17.5 Å². The number of aryl methyl sites for hydroxylation is 1. The van der Waals surface area contributed by atoms with E-state index in [0.717, 1.165) is 67.6 Å². The molecule has 0 N–H and O–H groups in total. The van der Waals surface area contributed by atoms with Crippen molar-refractivity contribution in [2.24, 2.45) is 5.92 Å². The average Bonchev–Trinajstić information content (AvgIpc) is 3.47. The molecule has 6 heteroatoms. The number of hydrogen-bond donors (Lipinski definition) is 0. The summed E-state index contributed by atoms with van der Waals surface area (Å²) in [5.41, 5.74) is 1.12. The first-order chi connectivity index (χ1) is 13.7. The van der Waals surface area contributed by atoms with Crippen molar-refractivity contribution in [1.82, 2.24) is 19.7 Å². The van der Waals surface area contributed by atoms with Crippen LogP contribution < -0.4 is 0 Å². The minimum absolute atomic E-state index is 0.0918. The maximum atomic E-state index is 13.2. The smallest absolute Gasteiger partial charge is 0.226 e. The minimum Gasteiger partial charge on any atom is -0.342 e. The van der Waals surface area contributed by atoms with E-state index in [1.165, 1.54) is 19.3 Å². The lowest BCUT2D eigenvalue weighted by molar-refractivity contribution is -0.133. The fraction of sp³-hybridized carbons (Fsp3) is 0.591. The summed E-state index contributed by atoms with van der Waals surface area (Å²) in [6.07, 6.45) is 7.77. The third-order valence-electron chi connectivity index (χ3n) is 6.65. The summed E-state index contributed by atoms with van der Waals surface area (Å²) in [6.45, 7) is 2.67. The number of amides is 1. The molecule has 5 nitrogen and oxygen atoms in total. The van der Waals surface area contributed by atoms with Crippen LogP contribution in [-0.4, -0.2) is 38.7 Å². The van der Waals surface area contributed by atoms with Gasteiger partial charge in [-0.2, -0.15) is 0 Å². The largest absolute Gasteiger partial charge is 0.342 e. The number of halogens is 1. The van der Waals surface area contributed by atoms with E-state index in [1.54, 1.807) is 0 Å². The molecule has 1 amide bonds. The molecule has 28 heavy (non-hydrogen) atoms. The lowest BCUT2D eigenvalue weighted by Gasteiger charge is -2.32. The Morgan fingerprint density at radius 2 is 1.96 bits per heavy atom. The molecular weight excluding hydrogens is 372 g/mol. The van der Waals surface area contributed by atoms with Gasteiger partial charge in [-0.05, 0) is 49.7 Å². The average molecular weight is 399 g/mol. The van der Waals surface area contributed by atoms with Crippen LogP contribution in [0.1, 0.15) is 67.6 Å². The molecule has 2 aliphatic heterocycles. The fourth-order valence-corrected chi connectivity index (χ4v) is 5.30. The highest BCUT2D eigenvalue weighted by atomic mass is 35.5. The van der Waals surface area contributed by atoms with Crippen molar-refractivity contribution in [3.63, 3.8) is 0 Å². The van der Waals surface area contributed by atoms with Gasteiger partial charge in [-0.15, -0.1) is 10.2 Å². The summed E-state index contributed by atoms with van der Waals surface area (Å²) in [5, 5.41) is 9.80. The first-order valence-electron chi connectivity index (χ1n) is 10.7. The van der Waals surface area contributed by atoms with Gasteiger partial charge in [0.25, 0.3) is 0 Å². The summed E-state index contributed by atoms with van der Waals surface area (Å²) < 4.78 is 2.34. The second-order valence-electron chi connectivity index (χ2n) is 8.53. The summed E-state index contributed by atoms with van der Waals surface area (Å²) in [7, 11) is 0. The Morgan fingerprint density at radius 3 is 2.86 bits per heavy atom. The zero-order valence-electron chi connectivity index (χ0n) is 16.2. The van der Waals surface area contributed by atoms with Gasteiger partial charge in [-0.3, -0.25) is 4.79 Å². The van der Waals surface area contributed by atoms with Gasteiger partial charge in [0.15, 0.2) is 0 Å². The Bertz CT molecular complexity index is 879. The molecule has 1 aromatic carbocycles. The lowest BCUT2D eigenvalue weighted by atomic mass is 9.96. The zero-order chi connectivity index (χ0) is 19.1. The Morgan fingerprint density at radius 1 is 1.07 bits per heavy atom. The monoisotopic (exact) mass is 398 g/mol. The fourth-order valence-electron chi connectivity index (χ4n) is 5.02. The van der Waals surface area contributed by atoms with Crippen LogP contribution in [0, 0.1) is 5.92 Å². The number of likely N-dealkylation sites (tertiary alicyclic amines) is 1. The number of aromatic nitrogens is 3. The highest BCUT2D eigenvalue weighted by Crippen LogP contribution is 2.50. The van der Waals surface area contributed by atoms with Gasteiger partial charge in [0.2, 0.25) is 5.91 Å². The molecular formula is C22H27ClN4O. The molecule has 0 radical (unpaired) electrons. The molecule has 0 spiro atoms. The Kier molecular flexibility index (Phi) is 4.87. The number of nitrogens with zero attached hydrogens (tertiary/aromatic N) is 4. The van der Waals surface area contributed by atoms with Crippen LogP contribution in [0.5, 0.6) is 0 Å². The van der Waals surface area contributed by atoms with Gasteiger partial charge in [-0.1, -0.05) is 36.2 Å². The minimum atomic E-state index is 0.0918. The van der Waals surface area contributed by atoms with E-state index in [4.69, 9.17) is 11.6 Å². The molecule has 0 bridgehead atoms. The SMILES string of the molecule is O=C(C1CC1c1ccccc1Cl)N1CCCC(c2nnc3n2CCCCC3)C1. The summed E-state index contributed by atoms with van der Waals surface area (Å²) >= 11 is 6.34. The van der Waals surface area contributed by atoms with Crippen LogP contribution in [-0.2, 0) is 17.8 Å². The van der Waals surface area contributed by atoms with E-state index in [1.807, 2.05) is 18.2 Å². The van der Waals surface area contributed by atoms with E-state index in [-0.39, 0.29) is 11.8 Å². The summed E-state index contributed by atoms with van der Waals surface area (Å²) in [5.74, 6) is 3.23. The van der Waals surface area contributed by atoms with E-state index >= 15 is 0 Å². The van der Waals surface area contributed by atoms with E-state index in [9.17, 15) is 4.79 Å². The highest BCUT2D eigenvalue weighted by molar-refractivity contribution is 6.31. The first-order valence-corrected chi connectivity index (χ1v) is 11.1. The lowest BCUT2D eigenvalue weighted by Crippen LogP contribution is -2.40. The predicted molar refractivity (Wildman–Crippen MR) is 108 cm³/mol. The Balaban J connectivity index is 1.28. The molecule has 1 aliphatic carbocycles. The van der Waals surface area contributed by atoms with Gasteiger partial charge in [0.05, 0.1) is 0 Å². The molecule has 2 fully saturated rings. The quantitative estimate of drug-likeness (QED) is 0.779. The maximum Gasteiger partial charge on any atom is 0.226 e. The number of piperidine rings is 1. The zero-order valence-corrected chi connectivity index (χ0v) is 16.9. The number of fused-ring (bicyclic) bond motifs is 1. The van der Waals surface area contributed by atoms with Crippen molar-refractivity contribution in [3.05, 3.63) is 46.5 Å². The number of rotatable bonds is 3. The van der Waals surface area contributed by atoms with Crippen LogP contribution in [0.25, 0.3) is 0 Å². The number of hydrogen-bond acceptors (Lipinski definition) is 3. The molecule has 1 aromatic heterocycles. The molecule has 3 atom stereocenters. The topological polar surface area (TPSA) is 51.0 Å². The summed E-state index contributed by atoms with van der Waals surface area (Å²) in [6, 6.07) is 7.94. The van der Waals surface area contributed by atoms with E-state index < -0.39 is 0 Å². The third kappa shape index (κ3) is 3.34. The second kappa shape index (κ2) is 7.51. The first kappa shape index (κ1) is 18.2. The Labute approximate surface area is 171 Å². The molecule has 148 valence electrons. The van der Waals surface area contributed by atoms with Crippen molar-refractivity contribution in [2.45, 2.75) is 63.3 Å². The number of carbonyl (C=O) groups excluding carboxylic acids is 1. The van der Waals surface area contributed by atoms with Crippen molar-refractivity contribution in [3.8, 4) is 0 Å². The predicted octanol–water partition coefficient (Wildman–Crippen LogP) is 4.17. The van der Waals surface area contributed by atoms with Crippen LogP contribution in [0.3, 0.4) is 0 Å². The third-order valence-corrected chi connectivity index (χ3v) is 6.99. The molecule has 2 aromatic rings. The Hall–Kier alpha value is -1.88. The van der Waals surface area contributed by atoms with Crippen LogP contribution >= 0.6 is 11.6 Å². The van der Waals surface area contributed by atoms with Crippen molar-refractivity contribution < 1.29 is 4.79 Å². The molecule has 1 saturated heterocycles. The van der Waals surface area contributed by atoms with Gasteiger partial charge < -0.3 is 9.47 Å². The van der Waals surface area contributed by atoms with E-state index in [2.05, 4.69) is 25.7 Å². The van der Waals surface area contributed by atoms with Gasteiger partial charge >= 0.3 is 0 Å². The van der Waals surface area contributed by atoms with E-state index in [0.29, 0.717) is 11.8 Å². The molecule has 3 aliphatic rings. The normalized spacial score (nSPS) is 27.2. The second-order valence-corrected chi connectivity index (χ2v) is 8.94. The molecule has 3 unspecified atom stereocenters. The molecule has 5 rings (SSSR count). The maximum absolute atomic E-state index is 13.2. The van der Waals surface area contributed by atoms with Crippen molar-refractivity contribution in [2.75, 3.05) is 13.1 Å². The van der Waals surface area contributed by atoms with Crippen LogP contribution in [0.2, 0.25) is 5.02 Å². The van der Waals surface area contributed by atoms with Gasteiger partial charge in [0, 0.05) is 42.9 Å². The number of benzene rings is 1. The summed E-state index contributed by atoms with van der Waals surface area (Å²) in [4.78, 5) is 15.2. The highest BCUT2D eigenvalue weighted by Gasteiger charge is 2.47. The van der Waals surface area contributed by atoms with Crippen molar-refractivity contribution in [1.29, 1.82) is 0 Å². The molecule has 3 heterocycles. The van der Waals surface area contributed by atoms with Crippen LogP contribution in [0.15, 0.2) is 24.3 Å². The van der Waals surface area contributed by atoms with Gasteiger partial charge in [0.1, 0.15) is 11.6 Å². The standard InChI is InChI=1S/C22H27ClN4O/c23-19-9-4-3-8-16(19)17-13-18(17)22(28)26-11-6-7-15(14-26)21-25-24-20-10-2-1-5-12-27(20)21/h3-4,8-9,15,17-18H,1-2,5-7,10-14H2. The van der Waals surface area contributed by atoms with Crippen LogP contribution in [0.4, 0.5) is 0 Å². The number of carbonyl (C=O) groups is 1. The molecule has 1 saturated carbocycles. The van der Waals surface area contributed by atoms with Gasteiger partial charge in [-0.25, -0.2) is 0 Å².